The van der Waals surface area contributed by atoms with Crippen molar-refractivity contribution in [3.05, 3.63) is 40.9 Å². The minimum atomic E-state index is -1.64. The number of piperazine rings is 1. The van der Waals surface area contributed by atoms with E-state index in [1.165, 1.54) is 16.8 Å². The number of hydrogen-bond donors (Lipinski definition) is 3. The van der Waals surface area contributed by atoms with Crippen LogP contribution < -0.4 is 21.2 Å². The highest BCUT2D eigenvalue weighted by molar-refractivity contribution is 6.58. The number of nitrogens with zero attached hydrogens (tertiary/aromatic N) is 4. The van der Waals surface area contributed by atoms with Crippen LogP contribution in [0.15, 0.2) is 35.4 Å². The quantitative estimate of drug-likeness (QED) is 0.611. The van der Waals surface area contributed by atoms with Crippen LogP contribution >= 0.6 is 0 Å². The Labute approximate surface area is 146 Å². The second kappa shape index (κ2) is 7.26. The molecule has 0 amide bonds. The summed E-state index contributed by atoms with van der Waals surface area (Å²) in [7, 11) is 2.03. The number of rotatable bonds is 4. The Morgan fingerprint density at radius 3 is 2.48 bits per heavy atom. The molecule has 0 saturated carbocycles. The number of anilines is 3. The third kappa shape index (κ3) is 4.01. The van der Waals surface area contributed by atoms with E-state index < -0.39 is 7.12 Å². The second-order valence-corrected chi connectivity index (χ2v) is 6.29. The lowest BCUT2D eigenvalue weighted by Gasteiger charge is -2.33. The summed E-state index contributed by atoms with van der Waals surface area (Å²) < 4.78 is 1.30. The molecule has 0 spiro atoms. The number of likely N-dealkylation sites (N-methyl/N-ethyl adjacent to an activating group) is 1. The van der Waals surface area contributed by atoms with Gasteiger partial charge in [0.25, 0.3) is 5.56 Å². The van der Waals surface area contributed by atoms with Crippen LogP contribution in [0.1, 0.15) is 0 Å². The Hall–Kier alpha value is -2.36. The van der Waals surface area contributed by atoms with Crippen molar-refractivity contribution in [2.45, 2.75) is 0 Å². The Morgan fingerprint density at radius 1 is 1.16 bits per heavy atom. The Balaban J connectivity index is 1.77. The van der Waals surface area contributed by atoms with Gasteiger partial charge < -0.3 is 29.7 Å². The predicted molar refractivity (Wildman–Crippen MR) is 98.7 cm³/mol. The lowest BCUT2D eigenvalue weighted by atomic mass is 9.81. The Kier molecular flexibility index (Phi) is 5.07. The number of aryl methyl sites for hydroxylation is 1. The monoisotopic (exact) mass is 343 g/mol. The molecule has 0 unspecified atom stereocenters. The summed E-state index contributed by atoms with van der Waals surface area (Å²) in [6.07, 6.45) is 3.17. The Bertz CT molecular complexity index is 785. The molecule has 3 rings (SSSR count). The summed E-state index contributed by atoms with van der Waals surface area (Å²) in [6, 6.07) is 5.20. The molecule has 3 N–H and O–H groups in total. The molecule has 8 nitrogen and oxygen atoms in total. The van der Waals surface area contributed by atoms with E-state index in [4.69, 9.17) is 0 Å². The average Bonchev–Trinajstić information content (AvgIpc) is 2.60. The Morgan fingerprint density at radius 2 is 1.88 bits per heavy atom. The van der Waals surface area contributed by atoms with Crippen molar-refractivity contribution in [3.8, 4) is 0 Å². The molecule has 1 aliphatic rings. The fraction of sp³-hybridized carbons (Fsp3) is 0.375. The predicted octanol–water partition coefficient (Wildman–Crippen LogP) is -1.04. The first-order valence-electron chi connectivity index (χ1n) is 8.17. The summed E-state index contributed by atoms with van der Waals surface area (Å²) in [5, 5.41) is 21.6. The lowest BCUT2D eigenvalue weighted by molar-refractivity contribution is 0.313. The first-order valence-corrected chi connectivity index (χ1v) is 8.17. The van der Waals surface area contributed by atoms with Gasteiger partial charge in [-0.3, -0.25) is 4.79 Å². The standard InChI is InChI=1S/C16H22BN5O3/c1-20-5-7-22(8-6-20)13-3-4-15(18-10-13)19-14-9-12(17(24)25)11-21(2)16(14)23/h3-4,9-11,24-25H,5-8H2,1-2H3,(H,18,19). The largest absolute Gasteiger partial charge is 0.490 e. The van der Waals surface area contributed by atoms with Gasteiger partial charge in [0.1, 0.15) is 11.5 Å². The number of pyridine rings is 2. The highest BCUT2D eigenvalue weighted by Gasteiger charge is 2.16. The van der Waals surface area contributed by atoms with Crippen molar-refractivity contribution < 1.29 is 10.0 Å². The summed E-state index contributed by atoms with van der Waals surface area (Å²) in [6.45, 7) is 3.96. The molecule has 9 heteroatoms. The van der Waals surface area contributed by atoms with E-state index in [1.807, 2.05) is 12.1 Å². The summed E-state index contributed by atoms with van der Waals surface area (Å²) in [4.78, 5) is 21.1. The van der Waals surface area contributed by atoms with Crippen LogP contribution in [-0.2, 0) is 7.05 Å². The highest BCUT2D eigenvalue weighted by Crippen LogP contribution is 2.18. The second-order valence-electron chi connectivity index (χ2n) is 6.29. The highest BCUT2D eigenvalue weighted by atomic mass is 16.4. The third-order valence-electron chi connectivity index (χ3n) is 4.38. The molecule has 0 aromatic carbocycles. The van der Waals surface area contributed by atoms with Gasteiger partial charge in [0.2, 0.25) is 0 Å². The van der Waals surface area contributed by atoms with E-state index in [-0.39, 0.29) is 16.7 Å². The van der Waals surface area contributed by atoms with Crippen LogP contribution in [0.4, 0.5) is 17.2 Å². The molecule has 132 valence electrons. The normalized spacial score (nSPS) is 15.3. The van der Waals surface area contributed by atoms with Crippen LogP contribution in [0, 0.1) is 0 Å². The molecule has 1 saturated heterocycles. The first kappa shape index (κ1) is 17.5. The number of nitrogens with one attached hydrogen (secondary N) is 1. The van der Waals surface area contributed by atoms with Gasteiger partial charge in [0, 0.05) is 44.9 Å². The first-order chi connectivity index (χ1) is 11.9. The molecule has 0 bridgehead atoms. The van der Waals surface area contributed by atoms with Crippen molar-refractivity contribution in [3.63, 3.8) is 0 Å². The SMILES string of the molecule is CN1CCN(c2ccc(Nc3cc(B(O)O)cn(C)c3=O)nc2)CC1. The van der Waals surface area contributed by atoms with Crippen molar-refractivity contribution in [1.82, 2.24) is 14.5 Å². The molecule has 0 aliphatic carbocycles. The van der Waals surface area contributed by atoms with E-state index in [0.29, 0.717) is 5.82 Å². The zero-order valence-electron chi connectivity index (χ0n) is 14.4. The molecule has 2 aromatic heterocycles. The van der Waals surface area contributed by atoms with Crippen LogP contribution in [0.5, 0.6) is 0 Å². The fourth-order valence-corrected chi connectivity index (χ4v) is 2.82. The van der Waals surface area contributed by atoms with Crippen molar-refractivity contribution in [2.24, 2.45) is 7.05 Å². The van der Waals surface area contributed by atoms with Gasteiger partial charge in [-0.15, -0.1) is 0 Å². The smallest absolute Gasteiger partial charge is 0.423 e. The molecular formula is C16H22BN5O3. The van der Waals surface area contributed by atoms with Crippen molar-refractivity contribution >= 4 is 29.8 Å². The maximum Gasteiger partial charge on any atom is 0.490 e. The molecule has 3 heterocycles. The molecule has 2 aromatic rings. The van der Waals surface area contributed by atoms with Crippen LogP contribution in [-0.4, -0.2) is 64.8 Å². The van der Waals surface area contributed by atoms with E-state index in [0.717, 1.165) is 31.9 Å². The maximum absolute atomic E-state index is 12.2. The molecule has 0 atom stereocenters. The van der Waals surface area contributed by atoms with Gasteiger partial charge in [-0.2, -0.15) is 0 Å². The van der Waals surface area contributed by atoms with E-state index in [1.54, 1.807) is 13.2 Å². The number of aromatic nitrogens is 2. The van der Waals surface area contributed by atoms with Gasteiger partial charge in [-0.1, -0.05) is 0 Å². The van der Waals surface area contributed by atoms with Crippen molar-refractivity contribution in [2.75, 3.05) is 43.4 Å². The summed E-state index contributed by atoms with van der Waals surface area (Å²) in [5.41, 5.74) is 1.26. The zero-order valence-corrected chi connectivity index (χ0v) is 14.4. The van der Waals surface area contributed by atoms with Gasteiger partial charge in [0.15, 0.2) is 0 Å². The molecular weight excluding hydrogens is 321 g/mol. The zero-order chi connectivity index (χ0) is 18.0. The van der Waals surface area contributed by atoms with Gasteiger partial charge in [0.05, 0.1) is 11.9 Å². The molecule has 1 aliphatic heterocycles. The van der Waals surface area contributed by atoms with Gasteiger partial charge >= 0.3 is 7.12 Å². The summed E-state index contributed by atoms with van der Waals surface area (Å²) in [5.74, 6) is 0.527. The van der Waals surface area contributed by atoms with Crippen LogP contribution in [0.25, 0.3) is 0 Å². The summed E-state index contributed by atoms with van der Waals surface area (Å²) >= 11 is 0. The minimum Gasteiger partial charge on any atom is -0.423 e. The third-order valence-corrected chi connectivity index (χ3v) is 4.38. The minimum absolute atomic E-state index is 0.235. The van der Waals surface area contributed by atoms with Crippen molar-refractivity contribution in [1.29, 1.82) is 0 Å². The molecule has 1 fully saturated rings. The van der Waals surface area contributed by atoms with E-state index >= 15 is 0 Å². The topological polar surface area (TPSA) is 93.9 Å². The van der Waals surface area contributed by atoms with E-state index in [2.05, 4.69) is 27.1 Å². The molecule has 0 radical (unpaired) electrons. The van der Waals surface area contributed by atoms with Crippen LogP contribution in [0.3, 0.4) is 0 Å². The van der Waals surface area contributed by atoms with Gasteiger partial charge in [-0.25, -0.2) is 4.98 Å². The van der Waals surface area contributed by atoms with Crippen LogP contribution in [0.2, 0.25) is 0 Å². The number of hydrogen-bond acceptors (Lipinski definition) is 7. The van der Waals surface area contributed by atoms with Gasteiger partial charge in [-0.05, 0) is 25.2 Å². The molecule has 25 heavy (non-hydrogen) atoms. The maximum atomic E-state index is 12.2. The van der Waals surface area contributed by atoms with E-state index in [9.17, 15) is 14.8 Å². The lowest BCUT2D eigenvalue weighted by Crippen LogP contribution is -2.44. The fourth-order valence-electron chi connectivity index (χ4n) is 2.82. The average molecular weight is 343 g/mol.